The van der Waals surface area contributed by atoms with Crippen LogP contribution < -0.4 is 27.9 Å². The molecule has 0 saturated heterocycles. The van der Waals surface area contributed by atoms with E-state index in [4.69, 9.17) is 30.0 Å². The number of anilines is 2. The summed E-state index contributed by atoms with van der Waals surface area (Å²) in [5, 5.41) is 0.115. The molecule has 0 saturated carbocycles. The fourth-order valence-electron chi connectivity index (χ4n) is 3.95. The van der Waals surface area contributed by atoms with Gasteiger partial charge in [-0.2, -0.15) is 9.97 Å². The van der Waals surface area contributed by atoms with E-state index in [1.165, 1.54) is 46.1 Å². The fourth-order valence-corrected chi connectivity index (χ4v) is 6.10. The number of ether oxygens (including phenoxy) is 2. The third-order valence-electron chi connectivity index (χ3n) is 6.01. The molecule has 5 aromatic rings. The topological polar surface area (TPSA) is 267 Å². The van der Waals surface area contributed by atoms with Crippen LogP contribution in [0.2, 0.25) is 0 Å². The van der Waals surface area contributed by atoms with Crippen molar-refractivity contribution in [2.75, 3.05) is 44.2 Å². The van der Waals surface area contributed by atoms with E-state index in [1.807, 2.05) is 0 Å². The molecule has 5 rings (SSSR count). The lowest BCUT2D eigenvalue weighted by molar-refractivity contribution is 0.0395. The van der Waals surface area contributed by atoms with Gasteiger partial charge in [0.2, 0.25) is 11.9 Å². The highest BCUT2D eigenvalue weighted by atomic mass is 32.2. The highest BCUT2D eigenvalue weighted by Gasteiger charge is 2.28. The zero-order valence-electron chi connectivity index (χ0n) is 23.1. The van der Waals surface area contributed by atoms with E-state index in [2.05, 4.69) is 29.9 Å². The SMILES string of the molecule is CS(=O)(=O)c1ccc(P(=O)(OCCOCn2cnc3c(=O)[nH]c(N)nc32)OCCOCn2cnc3c(=O)[nH]c(N)nc32)cc1. The summed E-state index contributed by atoms with van der Waals surface area (Å²) in [6.07, 6.45) is 3.77. The summed E-state index contributed by atoms with van der Waals surface area (Å²) in [6.45, 7) is -0.589. The quantitative estimate of drug-likeness (QED) is 0.0856. The summed E-state index contributed by atoms with van der Waals surface area (Å²) in [5.74, 6) is -0.155. The van der Waals surface area contributed by atoms with Gasteiger partial charge in [0.05, 0.1) is 49.3 Å². The van der Waals surface area contributed by atoms with E-state index in [0.717, 1.165) is 6.26 Å². The lowest BCUT2D eigenvalue weighted by Crippen LogP contribution is -2.17. The van der Waals surface area contributed by atoms with Crippen molar-refractivity contribution in [3.63, 3.8) is 0 Å². The average Bonchev–Trinajstić information content (AvgIpc) is 3.56. The molecule has 6 N–H and O–H groups in total. The first-order chi connectivity index (χ1) is 20.9. The number of aromatic amines is 2. The third-order valence-corrected chi connectivity index (χ3v) is 9.11. The maximum absolute atomic E-state index is 13.8. The summed E-state index contributed by atoms with van der Waals surface area (Å²) < 4.78 is 62.9. The molecule has 0 radical (unpaired) electrons. The number of benzene rings is 1. The van der Waals surface area contributed by atoms with E-state index >= 15 is 0 Å². The van der Waals surface area contributed by atoms with Crippen LogP contribution in [0.4, 0.5) is 11.9 Å². The van der Waals surface area contributed by atoms with Gasteiger partial charge in [-0.15, -0.1) is 0 Å². The molecule has 4 heterocycles. The van der Waals surface area contributed by atoms with Crippen molar-refractivity contribution in [2.45, 2.75) is 18.4 Å². The first-order valence-corrected chi connectivity index (χ1v) is 16.1. The molecule has 0 spiro atoms. The minimum Gasteiger partial charge on any atom is -0.369 e. The van der Waals surface area contributed by atoms with Crippen LogP contribution in [-0.2, 0) is 46.4 Å². The Hall–Kier alpha value is -4.46. The second-order valence-corrected chi connectivity index (χ2v) is 13.2. The number of hydrogen-bond acceptors (Lipinski definition) is 15. The largest absolute Gasteiger partial charge is 0.369 e. The van der Waals surface area contributed by atoms with Crippen LogP contribution in [0.1, 0.15) is 0 Å². The number of nitrogens with zero attached hydrogens (tertiary/aromatic N) is 6. The van der Waals surface area contributed by atoms with Crippen molar-refractivity contribution in [1.29, 1.82) is 0 Å². The zero-order valence-corrected chi connectivity index (χ0v) is 24.8. The van der Waals surface area contributed by atoms with Gasteiger partial charge >= 0.3 is 7.60 Å². The molecule has 44 heavy (non-hydrogen) atoms. The van der Waals surface area contributed by atoms with Gasteiger partial charge in [-0.25, -0.2) is 18.4 Å². The average molecular weight is 651 g/mol. The molecule has 1 aromatic carbocycles. The Morgan fingerprint density at radius 2 is 1.25 bits per heavy atom. The maximum atomic E-state index is 13.8. The molecule has 0 atom stereocenters. The number of hydrogen-bond donors (Lipinski definition) is 4. The van der Waals surface area contributed by atoms with Crippen molar-refractivity contribution in [2.24, 2.45) is 0 Å². The van der Waals surface area contributed by atoms with Crippen LogP contribution in [0.5, 0.6) is 0 Å². The highest BCUT2D eigenvalue weighted by molar-refractivity contribution is 7.90. The number of sulfone groups is 1. The minimum atomic E-state index is -3.99. The van der Waals surface area contributed by atoms with E-state index in [1.54, 1.807) is 0 Å². The van der Waals surface area contributed by atoms with E-state index in [9.17, 15) is 22.6 Å². The van der Waals surface area contributed by atoms with E-state index < -0.39 is 28.6 Å². The monoisotopic (exact) mass is 650 g/mol. The zero-order chi connectivity index (χ0) is 31.5. The number of H-pyrrole nitrogens is 2. The molecule has 0 aliphatic heterocycles. The normalized spacial score (nSPS) is 12.4. The number of nitrogen functional groups attached to an aromatic ring is 2. The summed E-state index contributed by atoms with van der Waals surface area (Å²) in [5.41, 5.74) is 10.8. The number of fused-ring (bicyclic) bond motifs is 2. The summed E-state index contributed by atoms with van der Waals surface area (Å²) in [4.78, 5) is 44.7. The van der Waals surface area contributed by atoms with Gasteiger partial charge in [-0.3, -0.25) is 33.3 Å². The smallest absolute Gasteiger partial charge is 0.361 e. The summed E-state index contributed by atoms with van der Waals surface area (Å²) in [7, 11) is -7.48. The molecule has 21 heteroatoms. The van der Waals surface area contributed by atoms with Crippen LogP contribution in [0.3, 0.4) is 0 Å². The molecule has 0 aliphatic rings. The first-order valence-electron chi connectivity index (χ1n) is 12.7. The Morgan fingerprint density at radius 3 is 1.68 bits per heavy atom. The van der Waals surface area contributed by atoms with Crippen LogP contribution in [0.15, 0.2) is 51.4 Å². The van der Waals surface area contributed by atoms with Crippen molar-refractivity contribution in [3.8, 4) is 0 Å². The third kappa shape index (κ3) is 6.85. The summed E-state index contributed by atoms with van der Waals surface area (Å²) in [6, 6.07) is 5.28. The maximum Gasteiger partial charge on any atom is 0.361 e. The second kappa shape index (κ2) is 12.6. The molecular formula is C23H27N10O9PS. The second-order valence-electron chi connectivity index (χ2n) is 9.18. The van der Waals surface area contributed by atoms with Crippen molar-refractivity contribution >= 4 is 57.0 Å². The number of nitrogens with two attached hydrogens (primary N) is 2. The lowest BCUT2D eigenvalue weighted by atomic mass is 10.4. The van der Waals surface area contributed by atoms with Crippen LogP contribution in [-0.4, -0.2) is 80.1 Å². The van der Waals surface area contributed by atoms with Gasteiger partial charge in [0.1, 0.15) is 13.5 Å². The predicted octanol–water partition coefficient (Wildman–Crippen LogP) is -0.679. The Bertz CT molecular complexity index is 1960. The fraction of sp³-hybridized carbons (Fsp3) is 0.304. The molecule has 0 aliphatic carbocycles. The summed E-state index contributed by atoms with van der Waals surface area (Å²) >= 11 is 0. The van der Waals surface area contributed by atoms with E-state index in [-0.39, 0.29) is 84.3 Å². The Kier molecular flexibility index (Phi) is 8.90. The molecule has 234 valence electrons. The van der Waals surface area contributed by atoms with Gasteiger partial charge < -0.3 is 30.0 Å². The van der Waals surface area contributed by atoms with Gasteiger partial charge in [0, 0.05) is 6.26 Å². The standard InChI is InChI=1S/C23H27N10O9PS/c1-44(37,38)15-4-2-14(3-5-15)43(36,41-8-6-39-12-32-10-26-16-18(32)28-22(24)30-20(16)34)42-9-7-40-13-33-11-27-17-19(33)29-23(25)31-21(17)35/h2-5,10-11H,6-9,12-13H2,1H3,(H3,24,28,30,34)(H3,25,29,31,35). The van der Waals surface area contributed by atoms with Crippen LogP contribution in [0.25, 0.3) is 22.3 Å². The van der Waals surface area contributed by atoms with Crippen molar-refractivity contribution < 1.29 is 31.5 Å². The number of aromatic nitrogens is 8. The van der Waals surface area contributed by atoms with Gasteiger partial charge in [-0.05, 0) is 24.3 Å². The Morgan fingerprint density at radius 1 is 0.795 bits per heavy atom. The molecule has 0 amide bonds. The van der Waals surface area contributed by atoms with Crippen LogP contribution >= 0.6 is 7.60 Å². The van der Waals surface area contributed by atoms with Crippen molar-refractivity contribution in [1.82, 2.24) is 39.0 Å². The molecule has 19 nitrogen and oxygen atoms in total. The molecular weight excluding hydrogens is 623 g/mol. The Balaban J connectivity index is 1.20. The van der Waals surface area contributed by atoms with Gasteiger partial charge in [0.25, 0.3) is 11.1 Å². The Labute approximate surface area is 247 Å². The molecule has 0 bridgehead atoms. The predicted molar refractivity (Wildman–Crippen MR) is 156 cm³/mol. The molecule has 0 unspecified atom stereocenters. The molecule has 4 aromatic heterocycles. The number of rotatable bonds is 14. The van der Waals surface area contributed by atoms with E-state index in [0.29, 0.717) is 0 Å². The highest BCUT2D eigenvalue weighted by Crippen LogP contribution is 2.47. The number of imidazole rings is 2. The number of nitrogens with one attached hydrogen (secondary N) is 2. The van der Waals surface area contributed by atoms with Gasteiger partial charge in [0.15, 0.2) is 32.2 Å². The lowest BCUT2D eigenvalue weighted by Gasteiger charge is -2.19. The minimum absolute atomic E-state index is 0.0285. The van der Waals surface area contributed by atoms with Gasteiger partial charge in [-0.1, -0.05) is 0 Å². The molecule has 0 fully saturated rings. The first kappa shape index (κ1) is 31.0. The van der Waals surface area contributed by atoms with Crippen molar-refractivity contribution in [3.05, 3.63) is 57.6 Å². The van der Waals surface area contributed by atoms with Crippen LogP contribution in [0, 0.1) is 0 Å².